The van der Waals surface area contributed by atoms with Crippen molar-refractivity contribution in [3.63, 3.8) is 0 Å². The largest absolute Gasteiger partial charge is 0.370 e. The van der Waals surface area contributed by atoms with E-state index in [2.05, 4.69) is 25.6 Å². The Kier molecular flexibility index (Phi) is 4.40. The Bertz CT molecular complexity index is 578. The Hall–Kier alpha value is -2.01. The van der Waals surface area contributed by atoms with Gasteiger partial charge in [-0.3, -0.25) is 4.98 Å². The van der Waals surface area contributed by atoms with Crippen LogP contribution in [0.3, 0.4) is 0 Å². The molecular weight excluding hydrogens is 262 g/mol. The van der Waals surface area contributed by atoms with Gasteiger partial charge in [0.15, 0.2) is 0 Å². The van der Waals surface area contributed by atoms with Crippen LogP contribution < -0.4 is 10.6 Å². The first-order valence-electron chi connectivity index (χ1n) is 7.52. The van der Waals surface area contributed by atoms with Gasteiger partial charge in [-0.25, -0.2) is 9.97 Å². The summed E-state index contributed by atoms with van der Waals surface area (Å²) in [5, 5.41) is 6.86. The predicted molar refractivity (Wildman–Crippen MR) is 84.1 cm³/mol. The summed E-state index contributed by atoms with van der Waals surface area (Å²) in [6, 6.07) is 5.96. The molecule has 3 heterocycles. The fourth-order valence-electron chi connectivity index (χ4n) is 2.66. The van der Waals surface area contributed by atoms with Crippen LogP contribution in [0.2, 0.25) is 0 Å². The first kappa shape index (κ1) is 13.9. The minimum atomic E-state index is 0.728. The molecule has 0 spiro atoms. The maximum Gasteiger partial charge on any atom is 0.130 e. The monoisotopic (exact) mass is 283 g/mol. The van der Waals surface area contributed by atoms with Gasteiger partial charge in [-0.05, 0) is 50.9 Å². The molecular formula is C16H21N5. The Morgan fingerprint density at radius 3 is 2.71 bits per heavy atom. The molecule has 5 heteroatoms. The second-order valence-electron chi connectivity index (χ2n) is 5.50. The number of pyridine rings is 1. The van der Waals surface area contributed by atoms with Crippen LogP contribution in [0.1, 0.15) is 18.7 Å². The van der Waals surface area contributed by atoms with Gasteiger partial charge < -0.3 is 10.6 Å². The molecule has 3 rings (SSSR count). The van der Waals surface area contributed by atoms with Crippen LogP contribution in [0, 0.1) is 12.8 Å². The van der Waals surface area contributed by atoms with Crippen LogP contribution in [0.15, 0.2) is 30.6 Å². The zero-order chi connectivity index (χ0) is 14.5. The SMILES string of the molecule is Cc1nc(NCC2CCNCC2)cc(-c2ccncc2)n1. The number of rotatable bonds is 4. The zero-order valence-corrected chi connectivity index (χ0v) is 12.3. The minimum absolute atomic E-state index is 0.728. The Morgan fingerprint density at radius 2 is 1.95 bits per heavy atom. The van der Waals surface area contributed by atoms with E-state index >= 15 is 0 Å². The van der Waals surface area contributed by atoms with Crippen molar-refractivity contribution in [2.75, 3.05) is 25.0 Å². The van der Waals surface area contributed by atoms with Crippen molar-refractivity contribution in [1.29, 1.82) is 0 Å². The van der Waals surface area contributed by atoms with Crippen LogP contribution in [0.25, 0.3) is 11.3 Å². The van der Waals surface area contributed by atoms with Crippen molar-refractivity contribution in [1.82, 2.24) is 20.3 Å². The normalized spacial score (nSPS) is 15.9. The molecule has 0 unspecified atom stereocenters. The number of nitrogens with one attached hydrogen (secondary N) is 2. The quantitative estimate of drug-likeness (QED) is 0.901. The summed E-state index contributed by atoms with van der Waals surface area (Å²) in [6.07, 6.45) is 6.03. The molecule has 0 aliphatic carbocycles. The van der Waals surface area contributed by atoms with Crippen molar-refractivity contribution in [3.8, 4) is 11.3 Å². The van der Waals surface area contributed by atoms with E-state index in [1.54, 1.807) is 12.4 Å². The van der Waals surface area contributed by atoms with E-state index < -0.39 is 0 Å². The second kappa shape index (κ2) is 6.63. The second-order valence-corrected chi connectivity index (χ2v) is 5.50. The predicted octanol–water partition coefficient (Wildman–Crippen LogP) is 2.26. The molecule has 21 heavy (non-hydrogen) atoms. The molecule has 1 aliphatic rings. The summed E-state index contributed by atoms with van der Waals surface area (Å²) in [4.78, 5) is 13.0. The van der Waals surface area contributed by atoms with Crippen molar-refractivity contribution in [3.05, 3.63) is 36.4 Å². The van der Waals surface area contributed by atoms with E-state index in [1.807, 2.05) is 25.1 Å². The van der Waals surface area contributed by atoms with Crippen LogP contribution in [-0.2, 0) is 0 Å². The van der Waals surface area contributed by atoms with E-state index in [9.17, 15) is 0 Å². The van der Waals surface area contributed by atoms with Crippen molar-refractivity contribution >= 4 is 5.82 Å². The van der Waals surface area contributed by atoms with E-state index in [0.29, 0.717) is 0 Å². The van der Waals surface area contributed by atoms with E-state index in [-0.39, 0.29) is 0 Å². The molecule has 5 nitrogen and oxygen atoms in total. The van der Waals surface area contributed by atoms with Crippen LogP contribution in [-0.4, -0.2) is 34.6 Å². The highest BCUT2D eigenvalue weighted by Gasteiger charge is 2.13. The first-order valence-corrected chi connectivity index (χ1v) is 7.52. The fraction of sp³-hybridized carbons (Fsp3) is 0.438. The van der Waals surface area contributed by atoms with Crippen molar-refractivity contribution in [2.45, 2.75) is 19.8 Å². The summed E-state index contributed by atoms with van der Waals surface area (Å²) >= 11 is 0. The lowest BCUT2D eigenvalue weighted by Crippen LogP contribution is -2.31. The lowest BCUT2D eigenvalue weighted by atomic mass is 9.98. The molecule has 0 bridgehead atoms. The maximum absolute atomic E-state index is 4.51. The topological polar surface area (TPSA) is 62.7 Å². The number of nitrogens with zero attached hydrogens (tertiary/aromatic N) is 3. The van der Waals surface area contributed by atoms with Gasteiger partial charge in [0.1, 0.15) is 11.6 Å². The summed E-state index contributed by atoms with van der Waals surface area (Å²) in [5.74, 6) is 2.43. The molecule has 1 fully saturated rings. The van der Waals surface area contributed by atoms with Gasteiger partial charge >= 0.3 is 0 Å². The summed E-state index contributed by atoms with van der Waals surface area (Å²) < 4.78 is 0. The van der Waals surface area contributed by atoms with E-state index in [4.69, 9.17) is 0 Å². The molecule has 2 aromatic rings. The Balaban J connectivity index is 1.72. The minimum Gasteiger partial charge on any atom is -0.370 e. The summed E-state index contributed by atoms with van der Waals surface area (Å²) in [5.41, 5.74) is 2.01. The lowest BCUT2D eigenvalue weighted by Gasteiger charge is -2.23. The van der Waals surface area contributed by atoms with Gasteiger partial charge in [0.05, 0.1) is 5.69 Å². The first-order chi connectivity index (χ1) is 10.3. The number of hydrogen-bond acceptors (Lipinski definition) is 5. The number of hydrogen-bond donors (Lipinski definition) is 2. The van der Waals surface area contributed by atoms with Crippen LogP contribution >= 0.6 is 0 Å². The Morgan fingerprint density at radius 1 is 1.19 bits per heavy atom. The maximum atomic E-state index is 4.51. The number of piperidine rings is 1. The third kappa shape index (κ3) is 3.76. The van der Waals surface area contributed by atoms with Crippen LogP contribution in [0.5, 0.6) is 0 Å². The molecule has 0 aromatic carbocycles. The third-order valence-electron chi connectivity index (χ3n) is 3.84. The molecule has 2 N–H and O–H groups in total. The zero-order valence-electron chi connectivity index (χ0n) is 12.3. The summed E-state index contributed by atoms with van der Waals surface area (Å²) in [7, 11) is 0. The molecule has 1 saturated heterocycles. The molecule has 0 saturated carbocycles. The van der Waals surface area contributed by atoms with E-state index in [0.717, 1.165) is 48.5 Å². The van der Waals surface area contributed by atoms with Gasteiger partial charge in [0.2, 0.25) is 0 Å². The lowest BCUT2D eigenvalue weighted by molar-refractivity contribution is 0.389. The smallest absolute Gasteiger partial charge is 0.130 e. The van der Waals surface area contributed by atoms with Gasteiger partial charge in [-0.15, -0.1) is 0 Å². The molecule has 1 aliphatic heterocycles. The standard InChI is InChI=1S/C16H21N5/c1-12-20-15(14-4-8-18-9-5-14)10-16(21-12)19-11-13-2-6-17-7-3-13/h4-5,8-10,13,17H,2-3,6-7,11H2,1H3,(H,19,20,21). The molecule has 0 radical (unpaired) electrons. The highest BCUT2D eigenvalue weighted by atomic mass is 15.0. The Labute approximate surface area is 125 Å². The molecule has 110 valence electrons. The molecule has 0 amide bonds. The number of anilines is 1. The average Bonchev–Trinajstić information content (AvgIpc) is 2.54. The summed E-state index contributed by atoms with van der Waals surface area (Å²) in [6.45, 7) is 5.16. The van der Waals surface area contributed by atoms with E-state index in [1.165, 1.54) is 12.8 Å². The van der Waals surface area contributed by atoms with Gasteiger partial charge in [-0.1, -0.05) is 0 Å². The number of aromatic nitrogens is 3. The molecule has 2 aromatic heterocycles. The van der Waals surface area contributed by atoms with Crippen molar-refractivity contribution < 1.29 is 0 Å². The van der Waals surface area contributed by atoms with Gasteiger partial charge in [0.25, 0.3) is 0 Å². The number of aryl methyl sites for hydroxylation is 1. The van der Waals surface area contributed by atoms with Crippen LogP contribution in [0.4, 0.5) is 5.82 Å². The highest BCUT2D eigenvalue weighted by Crippen LogP contribution is 2.20. The fourth-order valence-corrected chi connectivity index (χ4v) is 2.66. The third-order valence-corrected chi connectivity index (χ3v) is 3.84. The van der Waals surface area contributed by atoms with Gasteiger partial charge in [0, 0.05) is 30.6 Å². The highest BCUT2D eigenvalue weighted by molar-refractivity contribution is 5.61. The van der Waals surface area contributed by atoms with Crippen molar-refractivity contribution in [2.24, 2.45) is 5.92 Å². The molecule has 0 atom stereocenters. The van der Waals surface area contributed by atoms with Gasteiger partial charge in [-0.2, -0.15) is 0 Å². The average molecular weight is 283 g/mol.